The summed E-state index contributed by atoms with van der Waals surface area (Å²) in [7, 11) is 1.74. The quantitative estimate of drug-likeness (QED) is 0.474. The molecule has 7 heteroatoms. The Balaban J connectivity index is 1.42. The molecule has 1 saturated carbocycles. The van der Waals surface area contributed by atoms with E-state index >= 15 is 0 Å². The average molecular weight is 498 g/mol. The van der Waals surface area contributed by atoms with E-state index in [2.05, 4.69) is 4.98 Å². The number of rotatable bonds is 8. The van der Waals surface area contributed by atoms with Crippen molar-refractivity contribution < 1.29 is 18.4 Å². The van der Waals surface area contributed by atoms with Gasteiger partial charge in [0.05, 0.1) is 5.56 Å². The Bertz CT molecular complexity index is 1020. The smallest absolute Gasteiger partial charge is 0.255 e. The summed E-state index contributed by atoms with van der Waals surface area (Å²) >= 11 is 0. The van der Waals surface area contributed by atoms with Crippen LogP contribution < -0.4 is 0 Å². The van der Waals surface area contributed by atoms with Gasteiger partial charge in [-0.25, -0.2) is 8.78 Å². The Morgan fingerprint density at radius 1 is 1.08 bits per heavy atom. The lowest BCUT2D eigenvalue weighted by Crippen LogP contribution is -2.48. The molecule has 0 N–H and O–H groups in total. The first kappa shape index (κ1) is 26.2. The molecule has 2 amide bonds. The second-order valence-corrected chi connectivity index (χ2v) is 10.4. The topological polar surface area (TPSA) is 53.5 Å². The standard InChI is InChI=1S/C29H37F2N3O2/c1-33(29(36)24-8-5-15-32-20-24)27(18-23-10-11-25(30)19-26(23)31)22-13-16-34(17-14-22)28(35)12-9-21-6-3-2-4-7-21/h5,8,10-11,15,19-22,27H,2-4,6-7,9,12-14,16-18H2,1H3. The van der Waals surface area contributed by atoms with E-state index in [0.29, 0.717) is 36.6 Å². The summed E-state index contributed by atoms with van der Waals surface area (Å²) in [6.07, 6.45) is 12.9. The van der Waals surface area contributed by atoms with Gasteiger partial charge in [-0.1, -0.05) is 38.2 Å². The number of amides is 2. The number of likely N-dealkylation sites (N-methyl/N-ethyl adjacent to an activating group) is 1. The number of benzene rings is 1. The molecule has 36 heavy (non-hydrogen) atoms. The van der Waals surface area contributed by atoms with Gasteiger partial charge >= 0.3 is 0 Å². The van der Waals surface area contributed by atoms with Gasteiger partial charge in [-0.15, -0.1) is 0 Å². The minimum Gasteiger partial charge on any atom is -0.343 e. The van der Waals surface area contributed by atoms with E-state index in [0.717, 1.165) is 25.3 Å². The Kier molecular flexibility index (Phi) is 9.05. The van der Waals surface area contributed by atoms with Crippen molar-refractivity contribution in [1.29, 1.82) is 0 Å². The molecular formula is C29H37F2N3O2. The fourth-order valence-corrected chi connectivity index (χ4v) is 5.87. The maximum atomic E-state index is 14.6. The van der Waals surface area contributed by atoms with Crippen LogP contribution in [0.25, 0.3) is 0 Å². The number of aromatic nitrogens is 1. The van der Waals surface area contributed by atoms with Gasteiger partial charge in [0, 0.05) is 51.1 Å². The second-order valence-electron chi connectivity index (χ2n) is 10.4. The minimum atomic E-state index is -0.618. The zero-order chi connectivity index (χ0) is 25.5. The zero-order valence-corrected chi connectivity index (χ0v) is 21.2. The van der Waals surface area contributed by atoms with Crippen LogP contribution in [0.15, 0.2) is 42.7 Å². The predicted octanol–water partition coefficient (Wildman–Crippen LogP) is 5.64. The van der Waals surface area contributed by atoms with Crippen LogP contribution in [0.4, 0.5) is 8.78 Å². The molecule has 2 aliphatic rings. The van der Waals surface area contributed by atoms with Gasteiger partial charge in [0.25, 0.3) is 5.91 Å². The van der Waals surface area contributed by atoms with E-state index in [9.17, 15) is 18.4 Å². The van der Waals surface area contributed by atoms with Gasteiger partial charge in [-0.2, -0.15) is 0 Å². The van der Waals surface area contributed by atoms with Gasteiger partial charge in [0.1, 0.15) is 11.6 Å². The maximum absolute atomic E-state index is 14.6. The normalized spacial score (nSPS) is 18.1. The molecule has 4 rings (SSSR count). The van der Waals surface area contributed by atoms with Crippen LogP contribution in [-0.4, -0.2) is 52.8 Å². The molecule has 2 aromatic rings. The lowest BCUT2D eigenvalue weighted by Gasteiger charge is -2.40. The van der Waals surface area contributed by atoms with E-state index in [1.165, 1.54) is 50.4 Å². The summed E-state index contributed by atoms with van der Waals surface area (Å²) in [6.45, 7) is 1.29. The summed E-state index contributed by atoms with van der Waals surface area (Å²) in [4.78, 5) is 33.8. The molecule has 2 fully saturated rings. The summed E-state index contributed by atoms with van der Waals surface area (Å²) in [5.74, 6) is -0.392. The molecule has 1 aromatic carbocycles. The highest BCUT2D eigenvalue weighted by atomic mass is 19.1. The molecule has 2 heterocycles. The molecule has 194 valence electrons. The van der Waals surface area contributed by atoms with Crippen LogP contribution in [0.2, 0.25) is 0 Å². The van der Waals surface area contributed by atoms with Crippen molar-refractivity contribution in [3.05, 3.63) is 65.5 Å². The summed E-state index contributed by atoms with van der Waals surface area (Å²) in [5.41, 5.74) is 0.859. The van der Waals surface area contributed by atoms with Crippen molar-refractivity contribution in [2.75, 3.05) is 20.1 Å². The molecule has 1 atom stereocenters. The fourth-order valence-electron chi connectivity index (χ4n) is 5.87. The lowest BCUT2D eigenvalue weighted by molar-refractivity contribution is -0.133. The maximum Gasteiger partial charge on any atom is 0.255 e. The Labute approximate surface area is 212 Å². The Hall–Kier alpha value is -2.83. The van der Waals surface area contributed by atoms with Gasteiger partial charge in [0.2, 0.25) is 5.91 Å². The largest absolute Gasteiger partial charge is 0.343 e. The van der Waals surface area contributed by atoms with Gasteiger partial charge < -0.3 is 9.80 Å². The number of hydrogen-bond donors (Lipinski definition) is 0. The van der Waals surface area contributed by atoms with E-state index < -0.39 is 11.6 Å². The molecule has 0 bridgehead atoms. The van der Waals surface area contributed by atoms with E-state index in [1.807, 2.05) is 4.90 Å². The van der Waals surface area contributed by atoms with Crippen LogP contribution in [0, 0.1) is 23.5 Å². The second kappa shape index (κ2) is 12.4. The van der Waals surface area contributed by atoms with Crippen molar-refractivity contribution in [1.82, 2.24) is 14.8 Å². The van der Waals surface area contributed by atoms with Crippen LogP contribution in [0.3, 0.4) is 0 Å². The highest BCUT2D eigenvalue weighted by Gasteiger charge is 2.33. The van der Waals surface area contributed by atoms with Crippen molar-refractivity contribution in [2.45, 2.75) is 70.3 Å². The molecular weight excluding hydrogens is 460 g/mol. The number of carbonyl (C=O) groups is 2. The van der Waals surface area contributed by atoms with Crippen molar-refractivity contribution in [3.63, 3.8) is 0 Å². The third-order valence-corrected chi connectivity index (χ3v) is 8.10. The molecule has 1 aliphatic carbocycles. The lowest BCUT2D eigenvalue weighted by atomic mass is 9.84. The van der Waals surface area contributed by atoms with Crippen LogP contribution >= 0.6 is 0 Å². The third kappa shape index (κ3) is 6.68. The summed E-state index contributed by atoms with van der Waals surface area (Å²) in [5, 5.41) is 0. The first-order valence-corrected chi connectivity index (χ1v) is 13.3. The van der Waals surface area contributed by atoms with Gasteiger partial charge in [-0.05, 0) is 61.3 Å². The number of pyridine rings is 1. The van der Waals surface area contributed by atoms with E-state index in [-0.39, 0.29) is 30.2 Å². The molecule has 1 unspecified atom stereocenters. The first-order valence-electron chi connectivity index (χ1n) is 13.3. The number of hydrogen-bond acceptors (Lipinski definition) is 3. The first-order chi connectivity index (χ1) is 17.4. The molecule has 0 spiro atoms. The van der Waals surface area contributed by atoms with Crippen molar-refractivity contribution >= 4 is 11.8 Å². The van der Waals surface area contributed by atoms with E-state index in [1.54, 1.807) is 30.3 Å². The van der Waals surface area contributed by atoms with Crippen LogP contribution in [0.5, 0.6) is 0 Å². The summed E-state index contributed by atoms with van der Waals surface area (Å²) in [6, 6.07) is 6.76. The number of likely N-dealkylation sites (tertiary alicyclic amines) is 1. The average Bonchev–Trinajstić information content (AvgIpc) is 2.92. The van der Waals surface area contributed by atoms with Crippen molar-refractivity contribution in [3.8, 4) is 0 Å². The van der Waals surface area contributed by atoms with E-state index in [4.69, 9.17) is 0 Å². The highest BCUT2D eigenvalue weighted by molar-refractivity contribution is 5.94. The molecule has 5 nitrogen and oxygen atoms in total. The highest BCUT2D eigenvalue weighted by Crippen LogP contribution is 2.30. The summed E-state index contributed by atoms with van der Waals surface area (Å²) < 4.78 is 28.1. The van der Waals surface area contributed by atoms with Gasteiger partial charge in [-0.3, -0.25) is 14.6 Å². The molecule has 0 radical (unpaired) electrons. The number of halogens is 2. The van der Waals surface area contributed by atoms with Crippen LogP contribution in [0.1, 0.15) is 73.7 Å². The zero-order valence-electron chi connectivity index (χ0n) is 21.2. The van der Waals surface area contributed by atoms with Crippen molar-refractivity contribution in [2.24, 2.45) is 11.8 Å². The minimum absolute atomic E-state index is 0.0995. The number of piperidine rings is 1. The monoisotopic (exact) mass is 497 g/mol. The molecule has 1 saturated heterocycles. The molecule has 1 aromatic heterocycles. The SMILES string of the molecule is CN(C(=O)c1cccnc1)C(Cc1ccc(F)cc1F)C1CCN(C(=O)CCC2CCCCC2)CC1. The fraction of sp³-hybridized carbons (Fsp3) is 0.552. The third-order valence-electron chi connectivity index (χ3n) is 8.10. The molecule has 1 aliphatic heterocycles. The number of nitrogens with zero attached hydrogens (tertiary/aromatic N) is 3. The number of carbonyl (C=O) groups excluding carboxylic acids is 2. The Morgan fingerprint density at radius 3 is 2.50 bits per heavy atom. The van der Waals surface area contributed by atoms with Gasteiger partial charge in [0.15, 0.2) is 0 Å². The van der Waals surface area contributed by atoms with Crippen LogP contribution in [-0.2, 0) is 11.2 Å². The predicted molar refractivity (Wildman–Crippen MR) is 135 cm³/mol. The Morgan fingerprint density at radius 2 is 1.83 bits per heavy atom.